The van der Waals surface area contributed by atoms with Crippen molar-refractivity contribution in [2.24, 2.45) is 0 Å². The van der Waals surface area contributed by atoms with Crippen LogP contribution in [0.3, 0.4) is 0 Å². The van der Waals surface area contributed by atoms with Crippen LogP contribution in [0.5, 0.6) is 0 Å². The average molecular weight is 221 g/mol. The molecule has 0 amide bonds. The van der Waals surface area contributed by atoms with E-state index in [1.54, 1.807) is 0 Å². The van der Waals surface area contributed by atoms with Crippen molar-refractivity contribution in [1.82, 2.24) is 15.3 Å². The fourth-order valence-electron chi connectivity index (χ4n) is 2.52. The third-order valence-corrected chi connectivity index (χ3v) is 3.62. The lowest BCUT2D eigenvalue weighted by Gasteiger charge is -2.13. The molecule has 1 saturated carbocycles. The highest BCUT2D eigenvalue weighted by molar-refractivity contribution is 7.71. The second-order valence-electron chi connectivity index (χ2n) is 4.47. The van der Waals surface area contributed by atoms with Gasteiger partial charge in [-0.05, 0) is 44.9 Å². The second kappa shape index (κ2) is 3.39. The number of hydrogen-bond acceptors (Lipinski definition) is 3. The minimum atomic E-state index is 0.481. The summed E-state index contributed by atoms with van der Waals surface area (Å²) in [5.74, 6) is 0.684. The predicted octanol–water partition coefficient (Wildman–Crippen LogP) is 2.22. The summed E-state index contributed by atoms with van der Waals surface area (Å²) in [5.41, 5.74) is 4.00. The lowest BCUT2D eigenvalue weighted by molar-refractivity contribution is 0.584. The van der Waals surface area contributed by atoms with E-state index in [4.69, 9.17) is 12.2 Å². The van der Waals surface area contributed by atoms with Crippen molar-refractivity contribution >= 4 is 12.2 Å². The van der Waals surface area contributed by atoms with Gasteiger partial charge in [0.2, 0.25) is 0 Å². The van der Waals surface area contributed by atoms with Gasteiger partial charge in [-0.25, -0.2) is 4.98 Å². The molecule has 0 aliphatic heterocycles. The van der Waals surface area contributed by atoms with Crippen molar-refractivity contribution in [2.75, 3.05) is 7.05 Å². The first-order valence-corrected chi connectivity index (χ1v) is 6.00. The Balaban J connectivity index is 2.16. The fourth-order valence-corrected chi connectivity index (χ4v) is 2.75. The Hall–Kier alpha value is -0.740. The molecule has 2 N–H and O–H groups in total. The van der Waals surface area contributed by atoms with Gasteiger partial charge in [-0.2, -0.15) is 0 Å². The molecular weight excluding hydrogens is 206 g/mol. The van der Waals surface area contributed by atoms with E-state index in [1.165, 1.54) is 36.2 Å². The lowest BCUT2D eigenvalue weighted by Crippen LogP contribution is -2.15. The van der Waals surface area contributed by atoms with Gasteiger partial charge in [-0.15, -0.1) is 0 Å². The van der Waals surface area contributed by atoms with Crippen LogP contribution in [0, 0.1) is 4.77 Å². The van der Waals surface area contributed by atoms with Crippen LogP contribution < -0.4 is 5.32 Å². The molecule has 1 fully saturated rings. The smallest absolute Gasteiger partial charge is 0.197 e. The summed E-state index contributed by atoms with van der Waals surface area (Å²) < 4.78 is 0.660. The normalized spacial score (nSPS) is 24.2. The SMILES string of the molecule is CNC1CCc2[nH]c(=S)nc(C3CC3)c21. The first-order chi connectivity index (χ1) is 7.29. The molecule has 0 spiro atoms. The van der Waals surface area contributed by atoms with Gasteiger partial charge in [0.15, 0.2) is 4.77 Å². The average Bonchev–Trinajstić information content (AvgIpc) is 2.98. The van der Waals surface area contributed by atoms with Crippen LogP contribution in [0.4, 0.5) is 0 Å². The molecule has 3 nitrogen and oxygen atoms in total. The van der Waals surface area contributed by atoms with E-state index in [2.05, 4.69) is 15.3 Å². The van der Waals surface area contributed by atoms with Crippen LogP contribution in [0.2, 0.25) is 0 Å². The standard InChI is InChI=1S/C11H15N3S/c1-12-7-4-5-8-9(7)10(6-2-3-6)14-11(15)13-8/h6-7,12H,2-5H2,1H3,(H,13,14,15). The van der Waals surface area contributed by atoms with Gasteiger partial charge in [-0.3, -0.25) is 0 Å². The molecule has 1 heterocycles. The van der Waals surface area contributed by atoms with Gasteiger partial charge in [0, 0.05) is 23.2 Å². The van der Waals surface area contributed by atoms with Gasteiger partial charge in [-0.1, -0.05) is 0 Å². The molecule has 0 aromatic carbocycles. The van der Waals surface area contributed by atoms with Crippen LogP contribution in [0.1, 0.15) is 48.2 Å². The summed E-state index contributed by atoms with van der Waals surface area (Å²) in [6, 6.07) is 0.481. The van der Waals surface area contributed by atoms with Crippen LogP contribution >= 0.6 is 12.2 Å². The van der Waals surface area contributed by atoms with Crippen molar-refractivity contribution in [1.29, 1.82) is 0 Å². The first kappa shape index (κ1) is 9.48. The number of H-pyrrole nitrogens is 1. The summed E-state index contributed by atoms with van der Waals surface area (Å²) in [6.07, 6.45) is 4.85. The summed E-state index contributed by atoms with van der Waals surface area (Å²) >= 11 is 5.18. The van der Waals surface area contributed by atoms with E-state index < -0.39 is 0 Å². The van der Waals surface area contributed by atoms with Crippen molar-refractivity contribution in [2.45, 2.75) is 37.6 Å². The maximum absolute atomic E-state index is 5.18. The third-order valence-electron chi connectivity index (χ3n) is 3.42. The highest BCUT2D eigenvalue weighted by Gasteiger charge is 2.34. The molecular formula is C11H15N3S. The molecule has 1 aromatic heterocycles. The van der Waals surface area contributed by atoms with E-state index in [0.29, 0.717) is 16.7 Å². The Labute approximate surface area is 94.3 Å². The van der Waals surface area contributed by atoms with Gasteiger partial charge >= 0.3 is 0 Å². The lowest BCUT2D eigenvalue weighted by atomic mass is 10.1. The van der Waals surface area contributed by atoms with Crippen LogP contribution in [-0.4, -0.2) is 17.0 Å². The van der Waals surface area contributed by atoms with E-state index >= 15 is 0 Å². The Morgan fingerprint density at radius 2 is 2.20 bits per heavy atom. The maximum Gasteiger partial charge on any atom is 0.197 e. The number of rotatable bonds is 2. The number of aryl methyl sites for hydroxylation is 1. The van der Waals surface area contributed by atoms with Crippen LogP contribution in [-0.2, 0) is 6.42 Å². The monoisotopic (exact) mass is 221 g/mol. The molecule has 1 aromatic rings. The molecule has 3 rings (SSSR count). The van der Waals surface area contributed by atoms with Gasteiger partial charge in [0.25, 0.3) is 0 Å². The number of hydrogen-bond donors (Lipinski definition) is 2. The summed E-state index contributed by atoms with van der Waals surface area (Å²) in [5, 5.41) is 3.37. The molecule has 80 valence electrons. The highest BCUT2D eigenvalue weighted by atomic mass is 32.1. The summed E-state index contributed by atoms with van der Waals surface area (Å²) in [4.78, 5) is 7.76. The number of fused-ring (bicyclic) bond motifs is 1. The largest absolute Gasteiger partial charge is 0.334 e. The van der Waals surface area contributed by atoms with Crippen molar-refractivity contribution in [3.05, 3.63) is 21.7 Å². The minimum Gasteiger partial charge on any atom is -0.334 e. The molecule has 0 radical (unpaired) electrons. The molecule has 0 bridgehead atoms. The summed E-state index contributed by atoms with van der Waals surface area (Å²) in [6.45, 7) is 0. The molecule has 15 heavy (non-hydrogen) atoms. The molecule has 4 heteroatoms. The quantitative estimate of drug-likeness (QED) is 0.752. The Morgan fingerprint density at radius 3 is 2.87 bits per heavy atom. The fraction of sp³-hybridized carbons (Fsp3) is 0.636. The minimum absolute atomic E-state index is 0.481. The van der Waals surface area contributed by atoms with Crippen LogP contribution in [0.15, 0.2) is 0 Å². The topological polar surface area (TPSA) is 40.7 Å². The van der Waals surface area contributed by atoms with E-state index in [1.807, 2.05) is 7.05 Å². The number of nitrogens with zero attached hydrogens (tertiary/aromatic N) is 1. The predicted molar refractivity (Wildman–Crippen MR) is 61.5 cm³/mol. The zero-order valence-electron chi connectivity index (χ0n) is 8.84. The number of aromatic amines is 1. The van der Waals surface area contributed by atoms with Crippen molar-refractivity contribution in [3.8, 4) is 0 Å². The molecule has 1 atom stereocenters. The summed E-state index contributed by atoms with van der Waals surface area (Å²) in [7, 11) is 2.03. The highest BCUT2D eigenvalue weighted by Crippen LogP contribution is 2.44. The first-order valence-electron chi connectivity index (χ1n) is 5.60. The molecule has 2 aliphatic rings. The third kappa shape index (κ3) is 1.52. The van der Waals surface area contributed by atoms with Gasteiger partial charge in [0.1, 0.15) is 0 Å². The number of nitrogens with one attached hydrogen (secondary N) is 2. The van der Waals surface area contributed by atoms with Gasteiger partial charge < -0.3 is 10.3 Å². The van der Waals surface area contributed by atoms with Gasteiger partial charge in [0.05, 0.1) is 5.69 Å². The van der Waals surface area contributed by atoms with Crippen LogP contribution in [0.25, 0.3) is 0 Å². The van der Waals surface area contributed by atoms with Crippen molar-refractivity contribution in [3.63, 3.8) is 0 Å². The zero-order chi connectivity index (χ0) is 10.4. The second-order valence-corrected chi connectivity index (χ2v) is 4.86. The molecule has 1 unspecified atom stereocenters. The molecule has 0 saturated heterocycles. The van der Waals surface area contributed by atoms with E-state index in [-0.39, 0.29) is 0 Å². The Bertz CT molecular complexity index is 448. The Morgan fingerprint density at radius 1 is 1.40 bits per heavy atom. The number of aromatic nitrogens is 2. The molecule has 2 aliphatic carbocycles. The zero-order valence-corrected chi connectivity index (χ0v) is 9.66. The Kier molecular flexibility index (Phi) is 2.14. The van der Waals surface area contributed by atoms with Crippen molar-refractivity contribution < 1.29 is 0 Å². The van der Waals surface area contributed by atoms with E-state index in [9.17, 15) is 0 Å². The van der Waals surface area contributed by atoms with E-state index in [0.717, 1.165) is 6.42 Å². The maximum atomic E-state index is 5.18.